The maximum absolute atomic E-state index is 14.1. The summed E-state index contributed by atoms with van der Waals surface area (Å²) in [5, 5.41) is 10.8. The molecule has 0 saturated heterocycles. The first-order valence-corrected chi connectivity index (χ1v) is 12.7. The lowest BCUT2D eigenvalue weighted by Gasteiger charge is -2.16. The Morgan fingerprint density at radius 1 is 0.927 bits per heavy atom. The summed E-state index contributed by atoms with van der Waals surface area (Å²) in [7, 11) is 2.90. The first kappa shape index (κ1) is 28.7. The average Bonchev–Trinajstić information content (AvgIpc) is 3.20. The third-order valence-electron chi connectivity index (χ3n) is 6.21. The molecule has 4 rings (SSSR count). The fourth-order valence-corrected chi connectivity index (χ4v) is 4.32. The van der Waals surface area contributed by atoms with Crippen molar-refractivity contribution in [3.8, 4) is 11.1 Å². The van der Waals surface area contributed by atoms with Gasteiger partial charge in [-0.2, -0.15) is 4.74 Å². The van der Waals surface area contributed by atoms with Gasteiger partial charge in [-0.05, 0) is 62.7 Å². The van der Waals surface area contributed by atoms with E-state index in [0.717, 1.165) is 10.8 Å². The summed E-state index contributed by atoms with van der Waals surface area (Å²) in [6.45, 7) is 5.54. The summed E-state index contributed by atoms with van der Waals surface area (Å²) in [6.07, 6.45) is 0. The van der Waals surface area contributed by atoms with Gasteiger partial charge in [0, 0.05) is 37.7 Å². The molecule has 0 aliphatic rings. The number of aryl methyl sites for hydroxylation is 3. The minimum atomic E-state index is -0.737. The fraction of sp³-hybridized carbons (Fsp3) is 0.207. The Kier molecular flexibility index (Phi) is 8.32. The van der Waals surface area contributed by atoms with Crippen LogP contribution in [-0.4, -0.2) is 41.0 Å². The Bertz CT molecular complexity index is 1710. The number of carbonyl (C=O) groups is 3. The second-order valence-electron chi connectivity index (χ2n) is 9.15. The average molecular weight is 561 g/mol. The number of halogens is 1. The molecule has 0 saturated carbocycles. The quantitative estimate of drug-likeness (QED) is 0.254. The van der Waals surface area contributed by atoms with Crippen LogP contribution in [-0.2, 0) is 7.05 Å². The lowest BCUT2D eigenvalue weighted by Crippen LogP contribution is -2.23. The van der Waals surface area contributed by atoms with E-state index in [1.165, 1.54) is 26.2 Å². The number of benzene rings is 2. The zero-order valence-electron chi connectivity index (χ0n) is 23.1. The van der Waals surface area contributed by atoms with Crippen LogP contribution in [0.2, 0.25) is 0 Å². The van der Waals surface area contributed by atoms with Gasteiger partial charge in [-0.1, -0.05) is 12.1 Å². The van der Waals surface area contributed by atoms with E-state index in [0.29, 0.717) is 34.8 Å². The van der Waals surface area contributed by atoms with Gasteiger partial charge in [0.2, 0.25) is 0 Å². The highest BCUT2D eigenvalue weighted by molar-refractivity contribution is 6.14. The molecule has 0 bridgehead atoms. The lowest BCUT2D eigenvalue weighted by molar-refractivity contribution is 0.0956. The Morgan fingerprint density at radius 2 is 1.59 bits per heavy atom. The predicted octanol–water partition coefficient (Wildman–Crippen LogP) is 4.09. The van der Waals surface area contributed by atoms with Crippen molar-refractivity contribution in [2.75, 3.05) is 29.5 Å². The minimum absolute atomic E-state index is 0.0514. The van der Waals surface area contributed by atoms with Gasteiger partial charge in [-0.3, -0.25) is 19.2 Å². The highest BCUT2D eigenvalue weighted by Gasteiger charge is 2.23. The number of hydrogen-bond acceptors (Lipinski definition) is 7. The number of anilines is 3. The smallest absolute Gasteiger partial charge is 0.290 e. The molecule has 4 aromatic rings. The van der Waals surface area contributed by atoms with Crippen molar-refractivity contribution in [1.82, 2.24) is 15.0 Å². The van der Waals surface area contributed by atoms with Gasteiger partial charge < -0.3 is 25.8 Å². The summed E-state index contributed by atoms with van der Waals surface area (Å²) in [5.74, 6) is -2.05. The number of rotatable bonds is 8. The van der Waals surface area contributed by atoms with Crippen LogP contribution in [0.5, 0.6) is 0 Å². The summed E-state index contributed by atoms with van der Waals surface area (Å²) >= 11 is 0. The van der Waals surface area contributed by atoms with E-state index >= 15 is 0 Å². The molecule has 0 spiro atoms. The molecular weight excluding hydrogens is 531 g/mol. The molecule has 3 amide bonds. The highest BCUT2D eigenvalue weighted by Crippen LogP contribution is 2.26. The Hall–Kier alpha value is -5.26. The van der Waals surface area contributed by atoms with Crippen LogP contribution < -0.4 is 26.8 Å². The Morgan fingerprint density at radius 3 is 2.20 bits per heavy atom. The first-order valence-electron chi connectivity index (χ1n) is 12.7. The molecular formula is C29H29FN6O5. The van der Waals surface area contributed by atoms with Crippen molar-refractivity contribution in [1.29, 1.82) is 0 Å². The van der Waals surface area contributed by atoms with Gasteiger partial charge in [0.15, 0.2) is 5.69 Å². The van der Waals surface area contributed by atoms with Crippen LogP contribution in [0.1, 0.15) is 49.6 Å². The third-order valence-corrected chi connectivity index (χ3v) is 6.21. The van der Waals surface area contributed by atoms with Crippen molar-refractivity contribution >= 4 is 34.8 Å². The lowest BCUT2D eigenvalue weighted by atomic mass is 10.1. The summed E-state index contributed by atoms with van der Waals surface area (Å²) in [4.78, 5) is 55.3. The van der Waals surface area contributed by atoms with E-state index in [9.17, 15) is 23.6 Å². The van der Waals surface area contributed by atoms with E-state index in [2.05, 4.69) is 26.3 Å². The molecule has 2 heterocycles. The third kappa shape index (κ3) is 6.01. The maximum atomic E-state index is 14.1. The van der Waals surface area contributed by atoms with Crippen LogP contribution in [0.15, 0.2) is 57.8 Å². The summed E-state index contributed by atoms with van der Waals surface area (Å²) in [6, 6.07) is 11.9. The van der Waals surface area contributed by atoms with Crippen molar-refractivity contribution < 1.29 is 23.3 Å². The van der Waals surface area contributed by atoms with E-state index in [-0.39, 0.29) is 33.8 Å². The maximum Gasteiger partial charge on any atom is 0.290 e. The van der Waals surface area contributed by atoms with Gasteiger partial charge in [0.25, 0.3) is 23.3 Å². The topological polar surface area (TPSA) is 147 Å². The number of amides is 3. The van der Waals surface area contributed by atoms with Gasteiger partial charge in [-0.25, -0.2) is 9.37 Å². The molecule has 0 atom stereocenters. The van der Waals surface area contributed by atoms with Crippen LogP contribution in [0, 0.1) is 19.7 Å². The highest BCUT2D eigenvalue weighted by atomic mass is 19.1. The number of nitrogens with one attached hydrogen (secondary N) is 4. The Balaban J connectivity index is 1.62. The number of aromatic nitrogens is 2. The first-order chi connectivity index (χ1) is 19.5. The molecule has 0 aliphatic heterocycles. The standard InChI is InChI=1S/C29H29FN6O5/c1-6-32-24-21(27(38)34-18-9-7-17(8-10-18)23-16(3)41-36(5)29(23)40)13-15(2)33-25(24)28(39)35-19-11-12-22(30)20(14-19)26(37)31-4/h7-14,32H,6H2,1-5H3,(H,31,37)(H,34,38)(H,35,39). The van der Waals surface area contributed by atoms with Gasteiger partial charge >= 0.3 is 0 Å². The van der Waals surface area contributed by atoms with E-state index < -0.39 is 23.5 Å². The molecule has 212 valence electrons. The van der Waals surface area contributed by atoms with Crippen LogP contribution >= 0.6 is 0 Å². The summed E-state index contributed by atoms with van der Waals surface area (Å²) in [5.41, 5.74) is 1.96. The zero-order chi connectivity index (χ0) is 29.8. The molecule has 2 aromatic heterocycles. The van der Waals surface area contributed by atoms with Crippen molar-refractivity contribution in [3.05, 3.63) is 93.0 Å². The van der Waals surface area contributed by atoms with Crippen molar-refractivity contribution in [3.63, 3.8) is 0 Å². The molecule has 0 unspecified atom stereocenters. The molecule has 12 heteroatoms. The number of pyridine rings is 1. The molecule has 41 heavy (non-hydrogen) atoms. The van der Waals surface area contributed by atoms with Gasteiger partial charge in [0.05, 0.1) is 22.4 Å². The molecule has 11 nitrogen and oxygen atoms in total. The van der Waals surface area contributed by atoms with E-state index in [1.807, 2.05) is 0 Å². The monoisotopic (exact) mass is 560 g/mol. The normalized spacial score (nSPS) is 10.7. The van der Waals surface area contributed by atoms with Crippen molar-refractivity contribution in [2.45, 2.75) is 20.8 Å². The van der Waals surface area contributed by atoms with Crippen LogP contribution in [0.25, 0.3) is 11.1 Å². The van der Waals surface area contributed by atoms with Gasteiger partial charge in [0.1, 0.15) is 11.6 Å². The molecule has 2 aromatic carbocycles. The summed E-state index contributed by atoms with van der Waals surface area (Å²) < 4.78 is 20.6. The molecule has 4 N–H and O–H groups in total. The van der Waals surface area contributed by atoms with E-state index in [4.69, 9.17) is 4.52 Å². The zero-order valence-corrected chi connectivity index (χ0v) is 23.1. The second kappa shape index (κ2) is 11.9. The van der Waals surface area contributed by atoms with Gasteiger partial charge in [-0.15, -0.1) is 0 Å². The molecule has 0 aliphatic carbocycles. The van der Waals surface area contributed by atoms with Crippen LogP contribution in [0.3, 0.4) is 0 Å². The predicted molar refractivity (Wildman–Crippen MR) is 153 cm³/mol. The van der Waals surface area contributed by atoms with E-state index in [1.54, 1.807) is 51.1 Å². The molecule has 0 radical (unpaired) electrons. The number of carbonyl (C=O) groups excluding carboxylic acids is 3. The fourth-order valence-electron chi connectivity index (χ4n) is 4.32. The van der Waals surface area contributed by atoms with Crippen molar-refractivity contribution in [2.24, 2.45) is 7.05 Å². The second-order valence-corrected chi connectivity index (χ2v) is 9.15. The Labute approximate surface area is 234 Å². The minimum Gasteiger partial charge on any atom is -0.383 e. The number of nitrogens with zero attached hydrogens (tertiary/aromatic N) is 2. The van der Waals surface area contributed by atoms with Crippen LogP contribution in [0.4, 0.5) is 21.5 Å². The molecule has 0 fully saturated rings. The SMILES string of the molecule is CCNc1c(C(=O)Nc2ccc(-c3c(C)on(C)c3=O)cc2)cc(C)nc1C(=O)Nc1ccc(F)c(C(=O)NC)c1. The largest absolute Gasteiger partial charge is 0.383 e. The number of hydrogen-bond donors (Lipinski definition) is 4.